The van der Waals surface area contributed by atoms with Gasteiger partial charge in [0.2, 0.25) is 0 Å². The summed E-state index contributed by atoms with van der Waals surface area (Å²) in [7, 11) is 0. The number of benzene rings is 1. The summed E-state index contributed by atoms with van der Waals surface area (Å²) >= 11 is 1.58. The van der Waals surface area contributed by atoms with E-state index in [2.05, 4.69) is 18.8 Å². The molecule has 0 radical (unpaired) electrons. The summed E-state index contributed by atoms with van der Waals surface area (Å²) in [6, 6.07) is 10.1. The summed E-state index contributed by atoms with van der Waals surface area (Å²) in [4.78, 5) is 16.4. The molecule has 100 valence electrons. The Morgan fingerprint density at radius 2 is 2.05 bits per heavy atom. The van der Waals surface area contributed by atoms with Gasteiger partial charge in [-0.3, -0.25) is 4.79 Å². The third-order valence-corrected chi connectivity index (χ3v) is 4.09. The summed E-state index contributed by atoms with van der Waals surface area (Å²) in [5, 5.41) is 2.95. The number of ketones is 1. The lowest BCUT2D eigenvalue weighted by Crippen LogP contribution is -2.07. The van der Waals surface area contributed by atoms with Crippen molar-refractivity contribution in [1.29, 1.82) is 0 Å². The number of carbonyl (C=O) groups excluding carboxylic acids is 1. The highest BCUT2D eigenvalue weighted by Gasteiger charge is 2.11. The molecule has 0 N–H and O–H groups in total. The molecular formula is C16H19NOS. The van der Waals surface area contributed by atoms with Gasteiger partial charge in [-0.1, -0.05) is 50.6 Å². The Balaban J connectivity index is 2.00. The van der Waals surface area contributed by atoms with Crippen molar-refractivity contribution in [3.8, 4) is 11.3 Å². The van der Waals surface area contributed by atoms with E-state index in [0.29, 0.717) is 24.5 Å². The second-order valence-corrected chi connectivity index (χ2v) is 5.87. The minimum Gasteiger partial charge on any atom is -0.299 e. The number of hydrogen-bond donors (Lipinski definition) is 0. The van der Waals surface area contributed by atoms with Crippen molar-refractivity contribution in [3.05, 3.63) is 40.7 Å². The van der Waals surface area contributed by atoms with Crippen LogP contribution < -0.4 is 0 Å². The molecule has 0 spiro atoms. The van der Waals surface area contributed by atoms with Gasteiger partial charge in [0.1, 0.15) is 10.8 Å². The van der Waals surface area contributed by atoms with Gasteiger partial charge in [-0.2, -0.15) is 0 Å². The molecule has 3 heteroatoms. The predicted octanol–water partition coefficient (Wildman–Crippen LogP) is 4.36. The van der Waals surface area contributed by atoms with Crippen LogP contribution in [0.5, 0.6) is 0 Å². The standard InChI is InChI=1S/C16H19NOS/c1-3-12(2)9-14(18)10-16-17-15(11-19-16)13-7-5-4-6-8-13/h4-8,11-12H,3,9-10H2,1-2H3. The summed E-state index contributed by atoms with van der Waals surface area (Å²) in [5.74, 6) is 0.768. The lowest BCUT2D eigenvalue weighted by molar-refractivity contribution is -0.119. The fourth-order valence-corrected chi connectivity index (χ4v) is 2.74. The molecule has 1 unspecified atom stereocenters. The second-order valence-electron chi connectivity index (χ2n) is 4.93. The maximum atomic E-state index is 11.9. The highest BCUT2D eigenvalue weighted by molar-refractivity contribution is 7.10. The first-order chi connectivity index (χ1) is 9.19. The van der Waals surface area contributed by atoms with Crippen LogP contribution in [0.2, 0.25) is 0 Å². The smallest absolute Gasteiger partial charge is 0.139 e. The van der Waals surface area contributed by atoms with Crippen LogP contribution in [0, 0.1) is 5.92 Å². The zero-order valence-electron chi connectivity index (χ0n) is 11.4. The van der Waals surface area contributed by atoms with E-state index in [9.17, 15) is 4.79 Å². The van der Waals surface area contributed by atoms with E-state index in [0.717, 1.165) is 22.7 Å². The van der Waals surface area contributed by atoms with E-state index in [1.165, 1.54) is 0 Å². The van der Waals surface area contributed by atoms with E-state index in [1.54, 1.807) is 11.3 Å². The Bertz CT molecular complexity index is 533. The molecule has 1 heterocycles. The zero-order valence-corrected chi connectivity index (χ0v) is 12.2. The van der Waals surface area contributed by atoms with Crippen molar-refractivity contribution in [1.82, 2.24) is 4.98 Å². The van der Waals surface area contributed by atoms with E-state index >= 15 is 0 Å². The fraction of sp³-hybridized carbons (Fsp3) is 0.375. The van der Waals surface area contributed by atoms with Gasteiger partial charge in [-0.25, -0.2) is 4.98 Å². The van der Waals surface area contributed by atoms with Crippen LogP contribution in [-0.2, 0) is 11.2 Å². The van der Waals surface area contributed by atoms with Gasteiger partial charge in [0, 0.05) is 17.4 Å². The Morgan fingerprint density at radius 3 is 2.74 bits per heavy atom. The van der Waals surface area contributed by atoms with Crippen molar-refractivity contribution in [2.75, 3.05) is 0 Å². The number of aromatic nitrogens is 1. The van der Waals surface area contributed by atoms with Crippen LogP contribution in [0.15, 0.2) is 35.7 Å². The molecular weight excluding hydrogens is 254 g/mol. The third kappa shape index (κ3) is 4.00. The number of carbonyl (C=O) groups is 1. The van der Waals surface area contributed by atoms with Gasteiger partial charge in [0.15, 0.2) is 0 Å². The van der Waals surface area contributed by atoms with Gasteiger partial charge < -0.3 is 0 Å². The Morgan fingerprint density at radius 1 is 1.32 bits per heavy atom. The molecule has 0 amide bonds. The van der Waals surface area contributed by atoms with Crippen LogP contribution in [0.25, 0.3) is 11.3 Å². The van der Waals surface area contributed by atoms with Crippen molar-refractivity contribution < 1.29 is 4.79 Å². The SMILES string of the molecule is CCC(C)CC(=O)Cc1nc(-c2ccccc2)cs1. The van der Waals surface area contributed by atoms with Crippen LogP contribution in [0.3, 0.4) is 0 Å². The average molecular weight is 273 g/mol. The highest BCUT2D eigenvalue weighted by atomic mass is 32.1. The van der Waals surface area contributed by atoms with Gasteiger partial charge >= 0.3 is 0 Å². The Labute approximate surface area is 118 Å². The second kappa shape index (κ2) is 6.62. The molecule has 0 aliphatic rings. The van der Waals surface area contributed by atoms with E-state index in [1.807, 2.05) is 35.7 Å². The molecule has 0 aliphatic carbocycles. The zero-order chi connectivity index (χ0) is 13.7. The van der Waals surface area contributed by atoms with Crippen molar-refractivity contribution in [2.45, 2.75) is 33.1 Å². The minimum atomic E-state index is 0.295. The maximum Gasteiger partial charge on any atom is 0.139 e. The fourth-order valence-electron chi connectivity index (χ4n) is 1.91. The predicted molar refractivity (Wildman–Crippen MR) is 80.3 cm³/mol. The molecule has 0 saturated heterocycles. The van der Waals surface area contributed by atoms with Crippen molar-refractivity contribution >= 4 is 17.1 Å². The number of thiazole rings is 1. The van der Waals surface area contributed by atoms with Crippen LogP contribution in [0.4, 0.5) is 0 Å². The van der Waals surface area contributed by atoms with E-state index < -0.39 is 0 Å². The topological polar surface area (TPSA) is 30.0 Å². The number of Topliss-reactive ketones (excluding diaryl/α,β-unsaturated/α-hetero) is 1. The van der Waals surface area contributed by atoms with Crippen molar-refractivity contribution in [2.24, 2.45) is 5.92 Å². The summed E-state index contributed by atoms with van der Waals surface area (Å²) < 4.78 is 0. The third-order valence-electron chi connectivity index (χ3n) is 3.24. The molecule has 2 aromatic rings. The average Bonchev–Trinajstić information content (AvgIpc) is 2.88. The largest absolute Gasteiger partial charge is 0.299 e. The first-order valence-electron chi connectivity index (χ1n) is 6.70. The molecule has 2 rings (SSSR count). The summed E-state index contributed by atoms with van der Waals surface area (Å²) in [6.07, 6.45) is 2.19. The van der Waals surface area contributed by atoms with Crippen LogP contribution in [-0.4, -0.2) is 10.8 Å². The Kier molecular flexibility index (Phi) is 4.86. The molecule has 1 aromatic heterocycles. The first-order valence-corrected chi connectivity index (χ1v) is 7.58. The number of rotatable bonds is 6. The molecule has 19 heavy (non-hydrogen) atoms. The van der Waals surface area contributed by atoms with Gasteiger partial charge in [0.25, 0.3) is 0 Å². The molecule has 0 fully saturated rings. The lowest BCUT2D eigenvalue weighted by Gasteiger charge is -2.05. The van der Waals surface area contributed by atoms with Crippen LogP contribution in [0.1, 0.15) is 31.7 Å². The highest BCUT2D eigenvalue weighted by Crippen LogP contribution is 2.22. The normalized spacial score (nSPS) is 12.3. The number of nitrogens with zero attached hydrogens (tertiary/aromatic N) is 1. The lowest BCUT2D eigenvalue weighted by atomic mass is 10.0. The van der Waals surface area contributed by atoms with Gasteiger partial charge in [0.05, 0.1) is 12.1 Å². The van der Waals surface area contributed by atoms with E-state index in [-0.39, 0.29) is 0 Å². The summed E-state index contributed by atoms with van der Waals surface area (Å²) in [6.45, 7) is 4.24. The molecule has 1 atom stereocenters. The molecule has 0 aliphatic heterocycles. The summed E-state index contributed by atoms with van der Waals surface area (Å²) in [5.41, 5.74) is 2.08. The first kappa shape index (κ1) is 13.9. The monoisotopic (exact) mass is 273 g/mol. The van der Waals surface area contributed by atoms with Gasteiger partial charge in [-0.15, -0.1) is 11.3 Å². The van der Waals surface area contributed by atoms with E-state index in [4.69, 9.17) is 0 Å². The van der Waals surface area contributed by atoms with Gasteiger partial charge in [-0.05, 0) is 5.92 Å². The quantitative estimate of drug-likeness (QED) is 0.782. The number of hydrogen-bond acceptors (Lipinski definition) is 3. The molecule has 1 aromatic carbocycles. The minimum absolute atomic E-state index is 0.295. The Hall–Kier alpha value is -1.48. The molecule has 0 bridgehead atoms. The molecule has 2 nitrogen and oxygen atoms in total. The van der Waals surface area contributed by atoms with Crippen molar-refractivity contribution in [3.63, 3.8) is 0 Å². The van der Waals surface area contributed by atoms with Crippen LogP contribution >= 0.6 is 11.3 Å². The maximum absolute atomic E-state index is 11.9. The molecule has 0 saturated carbocycles.